The van der Waals surface area contributed by atoms with Crippen LogP contribution in [-0.2, 0) is 0 Å². The van der Waals surface area contributed by atoms with Crippen molar-refractivity contribution in [2.24, 2.45) is 0 Å². The fourth-order valence-corrected chi connectivity index (χ4v) is 1.68. The van der Waals surface area contributed by atoms with Crippen LogP contribution in [0.3, 0.4) is 0 Å². The van der Waals surface area contributed by atoms with Crippen LogP contribution < -0.4 is 0 Å². The van der Waals surface area contributed by atoms with Crippen molar-refractivity contribution in [1.82, 2.24) is 4.98 Å². The minimum Gasteiger partial charge on any atom is -0.396 e. The second-order valence-corrected chi connectivity index (χ2v) is 3.50. The predicted octanol–water partition coefficient (Wildman–Crippen LogP) is 2.12. The summed E-state index contributed by atoms with van der Waals surface area (Å²) in [6, 6.07) is 7.72. The first-order valence-corrected chi connectivity index (χ1v) is 5.03. The van der Waals surface area contributed by atoms with Gasteiger partial charge in [-0.3, -0.25) is 4.79 Å². The lowest BCUT2D eigenvalue weighted by atomic mass is 10.1. The normalized spacial score (nSPS) is 10.7. The van der Waals surface area contributed by atoms with Gasteiger partial charge in [-0.1, -0.05) is 18.2 Å². The topological polar surface area (TPSA) is 53.1 Å². The highest BCUT2D eigenvalue weighted by molar-refractivity contribution is 6.07. The van der Waals surface area contributed by atoms with Crippen LogP contribution in [0.15, 0.2) is 30.5 Å². The third-order valence-electron chi connectivity index (χ3n) is 2.45. The summed E-state index contributed by atoms with van der Waals surface area (Å²) in [5.74, 6) is 0.0847. The molecular weight excluding hydrogens is 190 g/mol. The summed E-state index contributed by atoms with van der Waals surface area (Å²) in [4.78, 5) is 14.8. The molecule has 0 saturated carbocycles. The third kappa shape index (κ3) is 1.92. The van der Waals surface area contributed by atoms with Crippen molar-refractivity contribution in [1.29, 1.82) is 0 Å². The maximum Gasteiger partial charge on any atom is 0.165 e. The zero-order valence-corrected chi connectivity index (χ0v) is 8.36. The number of para-hydroxylation sites is 1. The van der Waals surface area contributed by atoms with Crippen LogP contribution in [-0.4, -0.2) is 22.5 Å². The molecule has 1 aromatic carbocycles. The molecule has 2 aromatic rings. The molecule has 15 heavy (non-hydrogen) atoms. The number of aromatic nitrogens is 1. The van der Waals surface area contributed by atoms with Crippen LogP contribution in [0.25, 0.3) is 10.9 Å². The Morgan fingerprint density at radius 2 is 2.13 bits per heavy atom. The maximum atomic E-state index is 11.7. The SMILES string of the molecule is O=C(CCCO)c1c[nH]c2ccccc12. The Morgan fingerprint density at radius 1 is 1.33 bits per heavy atom. The molecule has 0 atom stereocenters. The fraction of sp³-hybridized carbons (Fsp3) is 0.250. The number of hydrogen-bond donors (Lipinski definition) is 2. The second-order valence-electron chi connectivity index (χ2n) is 3.50. The lowest BCUT2D eigenvalue weighted by Gasteiger charge is -1.97. The van der Waals surface area contributed by atoms with E-state index in [4.69, 9.17) is 5.11 Å². The lowest BCUT2D eigenvalue weighted by Crippen LogP contribution is -1.99. The number of carbonyl (C=O) groups excluding carboxylic acids is 1. The third-order valence-corrected chi connectivity index (χ3v) is 2.45. The Morgan fingerprint density at radius 3 is 2.93 bits per heavy atom. The van der Waals surface area contributed by atoms with Gasteiger partial charge in [0.05, 0.1) is 0 Å². The summed E-state index contributed by atoms with van der Waals surface area (Å²) in [5, 5.41) is 9.62. The Labute approximate surface area is 87.7 Å². The summed E-state index contributed by atoms with van der Waals surface area (Å²) in [6.45, 7) is 0.0636. The highest BCUT2D eigenvalue weighted by Crippen LogP contribution is 2.19. The van der Waals surface area contributed by atoms with E-state index in [9.17, 15) is 4.79 Å². The van der Waals surface area contributed by atoms with Crippen LogP contribution in [0.2, 0.25) is 0 Å². The van der Waals surface area contributed by atoms with Crippen LogP contribution in [0.4, 0.5) is 0 Å². The summed E-state index contributed by atoms with van der Waals surface area (Å²) < 4.78 is 0. The maximum absolute atomic E-state index is 11.7. The van der Waals surface area contributed by atoms with Crippen LogP contribution in [0, 0.1) is 0 Å². The monoisotopic (exact) mass is 203 g/mol. The molecule has 1 heterocycles. The molecule has 0 saturated heterocycles. The smallest absolute Gasteiger partial charge is 0.165 e. The molecule has 0 bridgehead atoms. The molecule has 2 rings (SSSR count). The van der Waals surface area contributed by atoms with E-state index >= 15 is 0 Å². The van der Waals surface area contributed by atoms with Crippen molar-refractivity contribution in [2.45, 2.75) is 12.8 Å². The number of carbonyl (C=O) groups is 1. The molecule has 3 heteroatoms. The minimum atomic E-state index is 0.0636. The van der Waals surface area contributed by atoms with Crippen molar-refractivity contribution in [2.75, 3.05) is 6.61 Å². The summed E-state index contributed by atoms with van der Waals surface area (Å²) in [5.41, 5.74) is 1.70. The molecular formula is C12H13NO2. The predicted molar refractivity (Wildman–Crippen MR) is 58.9 cm³/mol. The van der Waals surface area contributed by atoms with Gasteiger partial charge in [-0.25, -0.2) is 0 Å². The number of H-pyrrole nitrogens is 1. The average Bonchev–Trinajstić information content (AvgIpc) is 2.69. The van der Waals surface area contributed by atoms with Gasteiger partial charge in [0.25, 0.3) is 0 Å². The molecule has 0 aliphatic heterocycles. The van der Waals surface area contributed by atoms with Crippen molar-refractivity contribution >= 4 is 16.7 Å². The highest BCUT2D eigenvalue weighted by atomic mass is 16.3. The summed E-state index contributed by atoms with van der Waals surface area (Å²) in [6.07, 6.45) is 2.67. The number of Topliss-reactive ketones (excluding diaryl/α,β-unsaturated/α-hetero) is 1. The largest absolute Gasteiger partial charge is 0.396 e. The van der Waals surface area contributed by atoms with E-state index in [1.54, 1.807) is 6.20 Å². The quantitative estimate of drug-likeness (QED) is 0.748. The van der Waals surface area contributed by atoms with Gasteiger partial charge in [-0.2, -0.15) is 0 Å². The van der Waals surface area contributed by atoms with Gasteiger partial charge in [-0.15, -0.1) is 0 Å². The number of aromatic amines is 1. The Hall–Kier alpha value is -1.61. The van der Waals surface area contributed by atoms with Crippen LogP contribution >= 0.6 is 0 Å². The van der Waals surface area contributed by atoms with Crippen LogP contribution in [0.1, 0.15) is 23.2 Å². The minimum absolute atomic E-state index is 0.0636. The lowest BCUT2D eigenvalue weighted by molar-refractivity contribution is 0.0973. The van der Waals surface area contributed by atoms with Gasteiger partial charge in [0.2, 0.25) is 0 Å². The van der Waals surface area contributed by atoms with E-state index in [0.29, 0.717) is 12.8 Å². The van der Waals surface area contributed by atoms with Crippen molar-refractivity contribution in [3.05, 3.63) is 36.0 Å². The molecule has 2 N–H and O–H groups in total. The zero-order chi connectivity index (χ0) is 10.7. The number of fused-ring (bicyclic) bond motifs is 1. The molecule has 0 aliphatic carbocycles. The first-order chi connectivity index (χ1) is 7.33. The average molecular weight is 203 g/mol. The molecule has 3 nitrogen and oxygen atoms in total. The highest BCUT2D eigenvalue weighted by Gasteiger charge is 2.10. The number of aliphatic hydroxyl groups is 1. The number of ketones is 1. The van der Waals surface area contributed by atoms with Crippen LogP contribution in [0.5, 0.6) is 0 Å². The van der Waals surface area contributed by atoms with Gasteiger partial charge >= 0.3 is 0 Å². The first kappa shape index (κ1) is 9.93. The summed E-state index contributed by atoms with van der Waals surface area (Å²) >= 11 is 0. The van der Waals surface area contributed by atoms with Gasteiger partial charge in [0.1, 0.15) is 0 Å². The number of benzene rings is 1. The number of hydrogen-bond acceptors (Lipinski definition) is 2. The van der Waals surface area contributed by atoms with E-state index in [1.165, 1.54) is 0 Å². The van der Waals surface area contributed by atoms with E-state index in [-0.39, 0.29) is 12.4 Å². The molecule has 0 spiro atoms. The van der Waals surface area contributed by atoms with Gasteiger partial charge in [0.15, 0.2) is 5.78 Å². The van der Waals surface area contributed by atoms with E-state index < -0.39 is 0 Å². The van der Waals surface area contributed by atoms with Gasteiger partial charge in [-0.05, 0) is 12.5 Å². The van der Waals surface area contributed by atoms with Gasteiger partial charge in [0, 0.05) is 35.7 Å². The fourth-order valence-electron chi connectivity index (χ4n) is 1.68. The van der Waals surface area contributed by atoms with Gasteiger partial charge < -0.3 is 10.1 Å². The first-order valence-electron chi connectivity index (χ1n) is 5.03. The van der Waals surface area contributed by atoms with E-state index in [2.05, 4.69) is 4.98 Å². The molecule has 78 valence electrons. The Kier molecular flexibility index (Phi) is 2.83. The standard InChI is InChI=1S/C12H13NO2/c14-7-3-6-12(15)10-8-13-11-5-2-1-4-9(10)11/h1-2,4-5,8,13-14H,3,6-7H2. The van der Waals surface area contributed by atoms with E-state index in [0.717, 1.165) is 16.5 Å². The zero-order valence-electron chi connectivity index (χ0n) is 8.36. The molecule has 0 aliphatic rings. The molecule has 0 amide bonds. The Bertz CT molecular complexity index is 473. The second kappa shape index (κ2) is 4.28. The molecule has 0 unspecified atom stereocenters. The Balaban J connectivity index is 2.31. The number of rotatable bonds is 4. The summed E-state index contributed by atoms with van der Waals surface area (Å²) in [7, 11) is 0. The molecule has 0 fully saturated rings. The van der Waals surface area contributed by atoms with Crippen molar-refractivity contribution in [3.63, 3.8) is 0 Å². The van der Waals surface area contributed by atoms with E-state index in [1.807, 2.05) is 24.3 Å². The van der Waals surface area contributed by atoms with Crippen molar-refractivity contribution in [3.8, 4) is 0 Å². The molecule has 0 radical (unpaired) electrons. The molecule has 1 aromatic heterocycles. The number of aliphatic hydroxyl groups excluding tert-OH is 1. The number of nitrogens with one attached hydrogen (secondary N) is 1. The van der Waals surface area contributed by atoms with Crippen molar-refractivity contribution < 1.29 is 9.90 Å².